The first-order chi connectivity index (χ1) is 8.15. The second-order valence-corrected chi connectivity index (χ2v) is 3.71. The monoisotopic (exact) mass is 252 g/mol. The van der Waals surface area contributed by atoms with Crippen molar-refractivity contribution in [3.63, 3.8) is 0 Å². The molecule has 1 aromatic heterocycles. The Kier molecular flexibility index (Phi) is 3.06. The Balaban J connectivity index is 2.52. The van der Waals surface area contributed by atoms with Crippen molar-refractivity contribution in [3.05, 3.63) is 35.0 Å². The molecule has 2 rings (SSSR count). The highest BCUT2D eigenvalue weighted by atomic mass is 35.5. The van der Waals surface area contributed by atoms with Crippen LogP contribution in [0.15, 0.2) is 28.7 Å². The molecule has 0 amide bonds. The second-order valence-electron chi connectivity index (χ2n) is 3.33. The maximum absolute atomic E-state index is 10.5. The smallest absolute Gasteiger partial charge is 0.185 e. The average molecular weight is 253 g/mol. The number of aromatic hydroxyl groups is 1. The van der Waals surface area contributed by atoms with Crippen LogP contribution < -0.4 is 4.74 Å². The fourth-order valence-corrected chi connectivity index (χ4v) is 1.63. The third kappa shape index (κ3) is 2.12. The summed E-state index contributed by atoms with van der Waals surface area (Å²) in [5.74, 6) is 0.904. The number of carbonyl (C=O) groups is 1. The fourth-order valence-electron chi connectivity index (χ4n) is 1.45. The summed E-state index contributed by atoms with van der Waals surface area (Å²) >= 11 is 5.82. The number of aldehydes is 1. The molecule has 1 heterocycles. The molecule has 0 spiro atoms. The summed E-state index contributed by atoms with van der Waals surface area (Å²) in [6.45, 7) is 0. The van der Waals surface area contributed by atoms with Crippen molar-refractivity contribution in [2.75, 3.05) is 7.11 Å². The van der Waals surface area contributed by atoms with E-state index in [4.69, 9.17) is 20.8 Å². The van der Waals surface area contributed by atoms with Crippen LogP contribution in [-0.2, 0) is 0 Å². The van der Waals surface area contributed by atoms with Crippen molar-refractivity contribution in [2.45, 2.75) is 0 Å². The number of hydrogen-bond acceptors (Lipinski definition) is 4. The molecular formula is C12H9ClO4. The minimum Gasteiger partial charge on any atom is -0.506 e. The van der Waals surface area contributed by atoms with Crippen LogP contribution in [0.1, 0.15) is 10.6 Å². The van der Waals surface area contributed by atoms with Crippen LogP contribution >= 0.6 is 11.6 Å². The zero-order valence-electron chi connectivity index (χ0n) is 8.94. The van der Waals surface area contributed by atoms with E-state index in [-0.39, 0.29) is 16.5 Å². The van der Waals surface area contributed by atoms with Crippen molar-refractivity contribution in [3.8, 4) is 22.8 Å². The standard InChI is InChI=1S/C12H9ClO4/c1-16-11-5-7(4-9(15)12(11)13)10-3-2-8(6-14)17-10/h2-6,15H,1H3. The van der Waals surface area contributed by atoms with Gasteiger partial charge in [0.1, 0.15) is 22.3 Å². The molecule has 0 fully saturated rings. The van der Waals surface area contributed by atoms with Crippen LogP contribution in [-0.4, -0.2) is 18.5 Å². The van der Waals surface area contributed by atoms with Crippen LogP contribution in [0.25, 0.3) is 11.3 Å². The molecule has 1 N–H and O–H groups in total. The summed E-state index contributed by atoms with van der Waals surface area (Å²) in [4.78, 5) is 10.5. The number of carbonyl (C=O) groups excluding carboxylic acids is 1. The van der Waals surface area contributed by atoms with Crippen molar-refractivity contribution >= 4 is 17.9 Å². The van der Waals surface area contributed by atoms with Gasteiger partial charge in [-0.2, -0.15) is 0 Å². The van der Waals surface area contributed by atoms with E-state index in [1.807, 2.05) is 0 Å². The number of phenols is 1. The van der Waals surface area contributed by atoms with E-state index >= 15 is 0 Å². The molecule has 0 atom stereocenters. The number of hydrogen-bond donors (Lipinski definition) is 1. The lowest BCUT2D eigenvalue weighted by atomic mass is 10.1. The van der Waals surface area contributed by atoms with Gasteiger partial charge in [0.25, 0.3) is 0 Å². The molecule has 0 saturated carbocycles. The second kappa shape index (κ2) is 4.51. The number of halogens is 1. The van der Waals surface area contributed by atoms with Gasteiger partial charge in [-0.05, 0) is 24.3 Å². The van der Waals surface area contributed by atoms with Gasteiger partial charge in [0, 0.05) is 5.56 Å². The summed E-state index contributed by atoms with van der Waals surface area (Å²) in [6, 6.07) is 6.24. The van der Waals surface area contributed by atoms with Gasteiger partial charge in [-0.3, -0.25) is 4.79 Å². The van der Waals surface area contributed by atoms with E-state index in [1.165, 1.54) is 13.2 Å². The van der Waals surface area contributed by atoms with E-state index in [2.05, 4.69) is 0 Å². The molecule has 0 unspecified atom stereocenters. The van der Waals surface area contributed by atoms with Gasteiger partial charge in [0.05, 0.1) is 7.11 Å². The number of rotatable bonds is 3. The van der Waals surface area contributed by atoms with Crippen molar-refractivity contribution in [1.82, 2.24) is 0 Å². The maximum Gasteiger partial charge on any atom is 0.185 e. The highest BCUT2D eigenvalue weighted by molar-refractivity contribution is 6.33. The lowest BCUT2D eigenvalue weighted by molar-refractivity contribution is 0.110. The molecule has 5 heteroatoms. The van der Waals surface area contributed by atoms with Gasteiger partial charge in [-0.1, -0.05) is 11.6 Å². The van der Waals surface area contributed by atoms with Crippen LogP contribution in [0.4, 0.5) is 0 Å². The maximum atomic E-state index is 10.5. The summed E-state index contributed by atoms with van der Waals surface area (Å²) in [6.07, 6.45) is 0.608. The van der Waals surface area contributed by atoms with Crippen molar-refractivity contribution in [1.29, 1.82) is 0 Å². The third-order valence-corrected chi connectivity index (χ3v) is 2.65. The predicted molar refractivity (Wildman–Crippen MR) is 62.8 cm³/mol. The predicted octanol–water partition coefficient (Wildman–Crippen LogP) is 3.13. The third-order valence-electron chi connectivity index (χ3n) is 2.27. The quantitative estimate of drug-likeness (QED) is 0.853. The Labute approximate surface area is 102 Å². The van der Waals surface area contributed by atoms with E-state index in [1.54, 1.807) is 18.2 Å². The van der Waals surface area contributed by atoms with E-state index in [0.29, 0.717) is 23.4 Å². The van der Waals surface area contributed by atoms with E-state index < -0.39 is 0 Å². The van der Waals surface area contributed by atoms with E-state index in [9.17, 15) is 9.90 Å². The number of phenolic OH excluding ortho intramolecular Hbond substituents is 1. The summed E-state index contributed by atoms with van der Waals surface area (Å²) < 4.78 is 10.3. The Morgan fingerprint density at radius 3 is 2.76 bits per heavy atom. The van der Waals surface area contributed by atoms with E-state index in [0.717, 1.165) is 0 Å². The molecule has 0 bridgehead atoms. The first kappa shape index (κ1) is 11.5. The molecule has 0 radical (unpaired) electrons. The normalized spacial score (nSPS) is 10.2. The Morgan fingerprint density at radius 1 is 1.41 bits per heavy atom. The Bertz CT molecular complexity index is 560. The molecule has 4 nitrogen and oxygen atoms in total. The molecule has 0 aliphatic carbocycles. The minimum absolute atomic E-state index is 0.106. The van der Waals surface area contributed by atoms with Gasteiger partial charge in [-0.25, -0.2) is 0 Å². The summed E-state index contributed by atoms with van der Waals surface area (Å²) in [7, 11) is 1.45. The zero-order chi connectivity index (χ0) is 12.4. The number of furan rings is 1. The SMILES string of the molecule is COc1cc(-c2ccc(C=O)o2)cc(O)c1Cl. The first-order valence-electron chi connectivity index (χ1n) is 4.77. The Morgan fingerprint density at radius 2 is 2.18 bits per heavy atom. The Hall–Kier alpha value is -1.94. The van der Waals surface area contributed by atoms with Crippen molar-refractivity contribution in [2.24, 2.45) is 0 Å². The first-order valence-corrected chi connectivity index (χ1v) is 5.15. The van der Waals surface area contributed by atoms with Gasteiger partial charge < -0.3 is 14.3 Å². The van der Waals surface area contributed by atoms with Gasteiger partial charge in [0.15, 0.2) is 12.0 Å². The van der Waals surface area contributed by atoms with Crippen molar-refractivity contribution < 1.29 is 19.1 Å². The van der Waals surface area contributed by atoms with Crippen LogP contribution in [0.3, 0.4) is 0 Å². The fraction of sp³-hybridized carbons (Fsp3) is 0.0833. The molecule has 0 aliphatic heterocycles. The molecule has 0 aliphatic rings. The highest BCUT2D eigenvalue weighted by Crippen LogP contribution is 2.38. The van der Waals surface area contributed by atoms with Crippen LogP contribution in [0, 0.1) is 0 Å². The minimum atomic E-state index is -0.106. The summed E-state index contributed by atoms with van der Waals surface area (Å²) in [5.41, 5.74) is 0.580. The molecule has 17 heavy (non-hydrogen) atoms. The topological polar surface area (TPSA) is 59.7 Å². The highest BCUT2D eigenvalue weighted by Gasteiger charge is 2.12. The average Bonchev–Trinajstić information content (AvgIpc) is 2.81. The number of ether oxygens (including phenoxy) is 1. The largest absolute Gasteiger partial charge is 0.506 e. The molecule has 0 saturated heterocycles. The molecule has 2 aromatic rings. The number of methoxy groups -OCH3 is 1. The van der Waals surface area contributed by atoms with Crippen LogP contribution in [0.5, 0.6) is 11.5 Å². The molecule has 1 aromatic carbocycles. The van der Waals surface area contributed by atoms with Crippen LogP contribution in [0.2, 0.25) is 5.02 Å². The zero-order valence-corrected chi connectivity index (χ0v) is 9.69. The lowest BCUT2D eigenvalue weighted by Crippen LogP contribution is -1.86. The molecule has 88 valence electrons. The summed E-state index contributed by atoms with van der Waals surface area (Å²) in [5, 5.41) is 9.75. The number of benzene rings is 1. The van der Waals surface area contributed by atoms with Gasteiger partial charge in [-0.15, -0.1) is 0 Å². The van der Waals surface area contributed by atoms with Gasteiger partial charge in [0.2, 0.25) is 0 Å². The lowest BCUT2D eigenvalue weighted by Gasteiger charge is -2.06. The molecular weight excluding hydrogens is 244 g/mol. The van der Waals surface area contributed by atoms with Gasteiger partial charge >= 0.3 is 0 Å².